The molecule has 0 fully saturated rings. The van der Waals surface area contributed by atoms with Crippen LogP contribution >= 0.6 is 23.1 Å². The highest BCUT2D eigenvalue weighted by Crippen LogP contribution is 2.36. The molecule has 0 aliphatic carbocycles. The minimum absolute atomic E-state index is 0.315. The Balaban J connectivity index is 1.32. The fourth-order valence-electron chi connectivity index (χ4n) is 3.32. The fraction of sp³-hybridized carbons (Fsp3) is 0.174. The maximum atomic E-state index is 6.13. The van der Waals surface area contributed by atoms with Crippen LogP contribution in [-0.4, -0.2) is 26.4 Å². The Hall–Kier alpha value is -3.10. The van der Waals surface area contributed by atoms with E-state index in [0.29, 0.717) is 13.2 Å². The second kappa shape index (κ2) is 8.95. The van der Waals surface area contributed by atoms with Crippen molar-refractivity contribution in [1.29, 1.82) is 0 Å². The van der Waals surface area contributed by atoms with Crippen molar-refractivity contribution >= 4 is 23.1 Å². The number of allylic oxidation sites excluding steroid dienone is 1. The highest BCUT2D eigenvalue weighted by molar-refractivity contribution is 7.98. The lowest BCUT2D eigenvalue weighted by Crippen LogP contribution is -2.25. The van der Waals surface area contributed by atoms with E-state index in [2.05, 4.69) is 33.9 Å². The third-order valence-corrected chi connectivity index (χ3v) is 7.02. The first-order valence-electron chi connectivity index (χ1n) is 9.87. The van der Waals surface area contributed by atoms with Crippen LogP contribution in [0.15, 0.2) is 78.6 Å². The molecule has 8 heteroatoms. The van der Waals surface area contributed by atoms with Crippen LogP contribution in [0, 0.1) is 0 Å². The molecule has 6 nitrogen and oxygen atoms in total. The minimum Gasteiger partial charge on any atom is -0.485 e. The summed E-state index contributed by atoms with van der Waals surface area (Å²) in [6.07, 6.45) is 3.46. The number of thiazole rings is 1. The Kier molecular flexibility index (Phi) is 5.73. The van der Waals surface area contributed by atoms with Gasteiger partial charge in [0.25, 0.3) is 0 Å². The van der Waals surface area contributed by atoms with Crippen LogP contribution in [-0.2, 0) is 12.3 Å². The average molecular weight is 449 g/mol. The van der Waals surface area contributed by atoms with Crippen LogP contribution in [0.1, 0.15) is 16.8 Å². The Morgan fingerprint density at radius 1 is 1.10 bits per heavy atom. The Morgan fingerprint density at radius 3 is 2.74 bits per heavy atom. The lowest BCUT2D eigenvalue weighted by molar-refractivity contribution is 0.0821. The summed E-state index contributed by atoms with van der Waals surface area (Å²) in [6, 6.07) is 17.9. The van der Waals surface area contributed by atoms with E-state index >= 15 is 0 Å². The van der Waals surface area contributed by atoms with Gasteiger partial charge in [0.15, 0.2) is 28.6 Å². The van der Waals surface area contributed by atoms with Crippen molar-refractivity contribution in [3.8, 4) is 22.1 Å². The monoisotopic (exact) mass is 448 g/mol. The van der Waals surface area contributed by atoms with Gasteiger partial charge in [-0.15, -0.1) is 28.1 Å². The summed E-state index contributed by atoms with van der Waals surface area (Å²) >= 11 is 3.33. The molecule has 1 atom stereocenters. The molecule has 0 spiro atoms. The van der Waals surface area contributed by atoms with E-state index in [1.807, 2.05) is 59.3 Å². The van der Waals surface area contributed by atoms with Crippen LogP contribution in [0.5, 0.6) is 11.5 Å². The summed E-state index contributed by atoms with van der Waals surface area (Å²) in [5.74, 6) is 2.98. The molecule has 3 heterocycles. The number of fused-ring (bicyclic) bond motifs is 1. The Morgan fingerprint density at radius 2 is 1.90 bits per heavy atom. The number of hydrogen-bond donors (Lipinski definition) is 0. The van der Waals surface area contributed by atoms with Gasteiger partial charge in [-0.3, -0.25) is 4.57 Å². The molecule has 0 N–H and O–H groups in total. The van der Waals surface area contributed by atoms with Crippen LogP contribution in [0.2, 0.25) is 0 Å². The molecule has 0 saturated carbocycles. The molecule has 0 unspecified atom stereocenters. The van der Waals surface area contributed by atoms with Crippen LogP contribution < -0.4 is 9.47 Å². The first kappa shape index (κ1) is 19.8. The van der Waals surface area contributed by atoms with Gasteiger partial charge in [-0.2, -0.15) is 0 Å². The van der Waals surface area contributed by atoms with Crippen molar-refractivity contribution in [2.45, 2.75) is 23.6 Å². The van der Waals surface area contributed by atoms with Gasteiger partial charge >= 0.3 is 0 Å². The standard InChI is InChI=1S/C23H20N4O2S2/c1-2-12-27-21(20-14-28-18-10-6-7-11-19(18)29-20)25-26-23(27)30-15-17-13-24-22(31-17)16-8-4-3-5-9-16/h2-11,13,20H,1,12,14-15H2/t20-/m1/s1. The number of benzene rings is 2. The molecular weight excluding hydrogens is 428 g/mol. The lowest BCUT2D eigenvalue weighted by atomic mass is 10.2. The highest BCUT2D eigenvalue weighted by atomic mass is 32.2. The molecule has 0 radical (unpaired) electrons. The van der Waals surface area contributed by atoms with Crippen molar-refractivity contribution in [3.63, 3.8) is 0 Å². The van der Waals surface area contributed by atoms with Crippen molar-refractivity contribution in [2.24, 2.45) is 0 Å². The fourth-order valence-corrected chi connectivity index (χ4v) is 5.21. The normalized spacial score (nSPS) is 15.0. The SMILES string of the molecule is C=CCn1c(SCc2cnc(-c3ccccc3)s2)nnc1[C@H]1COc2ccccc2O1. The van der Waals surface area contributed by atoms with Crippen molar-refractivity contribution in [3.05, 3.63) is 84.2 Å². The van der Waals surface area contributed by atoms with Gasteiger partial charge in [0.1, 0.15) is 11.6 Å². The zero-order valence-corrected chi connectivity index (χ0v) is 18.3. The molecule has 1 aliphatic heterocycles. The predicted octanol–water partition coefficient (Wildman–Crippen LogP) is 5.39. The number of ether oxygens (including phenoxy) is 2. The molecule has 2 aromatic heterocycles. The molecule has 1 aliphatic rings. The van der Waals surface area contributed by atoms with E-state index in [1.54, 1.807) is 23.1 Å². The van der Waals surface area contributed by atoms with Gasteiger partial charge in [0, 0.05) is 28.9 Å². The van der Waals surface area contributed by atoms with Gasteiger partial charge in [-0.1, -0.05) is 60.3 Å². The van der Waals surface area contributed by atoms with Crippen LogP contribution in [0.3, 0.4) is 0 Å². The van der Waals surface area contributed by atoms with Gasteiger partial charge in [-0.25, -0.2) is 4.98 Å². The van der Waals surface area contributed by atoms with Crippen LogP contribution in [0.25, 0.3) is 10.6 Å². The number of nitrogens with zero attached hydrogens (tertiary/aromatic N) is 4. The Labute approximate surface area is 188 Å². The van der Waals surface area contributed by atoms with Crippen molar-refractivity contribution < 1.29 is 9.47 Å². The molecular formula is C23H20N4O2S2. The van der Waals surface area contributed by atoms with Gasteiger partial charge < -0.3 is 9.47 Å². The molecule has 31 heavy (non-hydrogen) atoms. The van der Waals surface area contributed by atoms with Crippen LogP contribution in [0.4, 0.5) is 0 Å². The van der Waals surface area contributed by atoms with Gasteiger partial charge in [0.2, 0.25) is 0 Å². The van der Waals surface area contributed by atoms with E-state index in [1.165, 1.54) is 4.88 Å². The molecule has 0 saturated heterocycles. The van der Waals surface area contributed by atoms with E-state index in [-0.39, 0.29) is 6.10 Å². The largest absolute Gasteiger partial charge is 0.485 e. The summed E-state index contributed by atoms with van der Waals surface area (Å²) in [5.41, 5.74) is 1.13. The quantitative estimate of drug-likeness (QED) is 0.279. The predicted molar refractivity (Wildman–Crippen MR) is 123 cm³/mol. The first-order valence-corrected chi connectivity index (χ1v) is 11.7. The van der Waals surface area contributed by atoms with Gasteiger partial charge in [0.05, 0.1) is 0 Å². The zero-order chi connectivity index (χ0) is 21.0. The average Bonchev–Trinajstić information content (AvgIpc) is 3.45. The molecule has 5 rings (SSSR count). The number of para-hydroxylation sites is 2. The molecule has 0 amide bonds. The maximum absolute atomic E-state index is 6.13. The Bertz CT molecular complexity index is 1190. The summed E-state index contributed by atoms with van der Waals surface area (Å²) in [7, 11) is 0. The van der Waals surface area contributed by atoms with E-state index < -0.39 is 0 Å². The lowest BCUT2D eigenvalue weighted by Gasteiger charge is -2.26. The van der Waals surface area contributed by atoms with E-state index in [0.717, 1.165) is 38.8 Å². The third kappa shape index (κ3) is 4.22. The number of aromatic nitrogens is 4. The maximum Gasteiger partial charge on any atom is 0.192 e. The number of thioether (sulfide) groups is 1. The summed E-state index contributed by atoms with van der Waals surface area (Å²) in [5, 5.41) is 10.7. The highest BCUT2D eigenvalue weighted by Gasteiger charge is 2.28. The van der Waals surface area contributed by atoms with Crippen molar-refractivity contribution in [2.75, 3.05) is 6.61 Å². The third-order valence-electron chi connectivity index (χ3n) is 4.77. The zero-order valence-electron chi connectivity index (χ0n) is 16.7. The first-order chi connectivity index (χ1) is 15.3. The van der Waals surface area contributed by atoms with Crippen molar-refractivity contribution in [1.82, 2.24) is 19.7 Å². The summed E-state index contributed by atoms with van der Waals surface area (Å²) in [6.45, 7) is 4.88. The second-order valence-corrected chi connectivity index (χ2v) is 8.95. The number of hydrogen-bond acceptors (Lipinski definition) is 7. The number of rotatable bonds is 7. The van der Waals surface area contributed by atoms with E-state index in [9.17, 15) is 0 Å². The molecule has 4 aromatic rings. The summed E-state index contributed by atoms with van der Waals surface area (Å²) < 4.78 is 14.0. The molecule has 2 aromatic carbocycles. The topological polar surface area (TPSA) is 62.1 Å². The van der Waals surface area contributed by atoms with Gasteiger partial charge in [-0.05, 0) is 12.1 Å². The minimum atomic E-state index is -0.315. The molecule has 0 bridgehead atoms. The van der Waals surface area contributed by atoms with E-state index in [4.69, 9.17) is 9.47 Å². The second-order valence-electron chi connectivity index (χ2n) is 6.89. The molecule has 156 valence electrons. The summed E-state index contributed by atoms with van der Waals surface area (Å²) in [4.78, 5) is 5.75. The smallest absolute Gasteiger partial charge is 0.192 e.